The molecule has 0 saturated carbocycles. The number of benzene rings is 2. The van der Waals surface area contributed by atoms with Crippen molar-refractivity contribution in [1.82, 2.24) is 4.98 Å². The zero-order valence-corrected chi connectivity index (χ0v) is 15.7. The van der Waals surface area contributed by atoms with Gasteiger partial charge in [0.25, 0.3) is 0 Å². The number of ether oxygens (including phenoxy) is 1. The molecule has 0 aliphatic carbocycles. The Morgan fingerprint density at radius 2 is 1.89 bits per heavy atom. The first-order valence-corrected chi connectivity index (χ1v) is 8.64. The number of nitriles is 1. The normalized spacial score (nSPS) is 10.5. The summed E-state index contributed by atoms with van der Waals surface area (Å²) in [6, 6.07) is 16.5. The molecule has 0 N–H and O–H groups in total. The fourth-order valence-corrected chi connectivity index (χ4v) is 2.57. The lowest BCUT2D eigenvalue weighted by atomic mass is 10.2. The Kier molecular flexibility index (Phi) is 6.22. The first-order chi connectivity index (χ1) is 13.5. The van der Waals surface area contributed by atoms with Crippen molar-refractivity contribution in [1.29, 1.82) is 5.26 Å². The second kappa shape index (κ2) is 9.00. The summed E-state index contributed by atoms with van der Waals surface area (Å²) in [6.45, 7) is 0. The molecule has 0 amide bonds. The molecule has 0 aliphatic heterocycles. The molecule has 8 heteroatoms. The third-order valence-electron chi connectivity index (χ3n) is 3.45. The first kappa shape index (κ1) is 19.4. The third kappa shape index (κ3) is 5.07. The Hall–Kier alpha value is -3.40. The maximum Gasteiger partial charge on any atom is 0.367 e. The smallest absolute Gasteiger partial charge is 0.367 e. The monoisotopic (exact) mass is 411 g/mol. The van der Waals surface area contributed by atoms with Crippen LogP contribution in [0.15, 0.2) is 65.9 Å². The van der Waals surface area contributed by atoms with Crippen molar-refractivity contribution in [2.45, 2.75) is 0 Å². The number of pyridine rings is 1. The summed E-state index contributed by atoms with van der Waals surface area (Å²) in [5.74, 6) is 0.222. The average Bonchev–Trinajstić information content (AvgIpc) is 2.70. The van der Waals surface area contributed by atoms with Gasteiger partial charge in [0, 0.05) is 22.8 Å². The van der Waals surface area contributed by atoms with Crippen molar-refractivity contribution >= 4 is 35.4 Å². The predicted octanol–water partition coefficient (Wildman–Crippen LogP) is 5.24. The molecule has 0 radical (unpaired) electrons. The van der Waals surface area contributed by atoms with Crippen LogP contribution in [0, 0.1) is 11.3 Å². The number of oxime groups is 1. The molecule has 0 bridgehead atoms. The van der Waals surface area contributed by atoms with Crippen LogP contribution in [-0.4, -0.2) is 17.2 Å². The molecule has 138 valence electrons. The van der Waals surface area contributed by atoms with Crippen molar-refractivity contribution in [3.8, 4) is 17.7 Å². The van der Waals surface area contributed by atoms with E-state index in [1.165, 1.54) is 30.6 Å². The highest BCUT2D eigenvalue weighted by Crippen LogP contribution is 2.22. The van der Waals surface area contributed by atoms with Crippen molar-refractivity contribution in [2.75, 3.05) is 0 Å². The highest BCUT2D eigenvalue weighted by atomic mass is 35.5. The van der Waals surface area contributed by atoms with Crippen molar-refractivity contribution in [2.24, 2.45) is 5.16 Å². The summed E-state index contributed by atoms with van der Waals surface area (Å²) < 4.78 is 5.58. The molecule has 2 aromatic carbocycles. The number of halogens is 2. The van der Waals surface area contributed by atoms with Gasteiger partial charge in [-0.3, -0.25) is 0 Å². The van der Waals surface area contributed by atoms with Gasteiger partial charge in [0.2, 0.25) is 5.88 Å². The fourth-order valence-electron chi connectivity index (χ4n) is 2.09. The number of rotatable bonds is 5. The number of hydrogen-bond donors (Lipinski definition) is 0. The second-order valence-electron chi connectivity index (χ2n) is 5.41. The summed E-state index contributed by atoms with van der Waals surface area (Å²) in [5.41, 5.74) is 1.30. The minimum atomic E-state index is -0.702. The first-order valence-electron chi connectivity index (χ1n) is 7.89. The summed E-state index contributed by atoms with van der Waals surface area (Å²) in [4.78, 5) is 20.9. The Balaban J connectivity index is 1.58. The van der Waals surface area contributed by atoms with Crippen LogP contribution in [0.4, 0.5) is 0 Å². The topological polar surface area (TPSA) is 84.6 Å². The van der Waals surface area contributed by atoms with Crippen molar-refractivity contribution < 1.29 is 14.4 Å². The van der Waals surface area contributed by atoms with Gasteiger partial charge < -0.3 is 9.57 Å². The zero-order valence-electron chi connectivity index (χ0n) is 14.2. The maximum atomic E-state index is 12.0. The van der Waals surface area contributed by atoms with Crippen molar-refractivity contribution in [3.05, 3.63) is 87.5 Å². The number of carbonyl (C=O) groups is 1. The third-order valence-corrected chi connectivity index (χ3v) is 4.00. The van der Waals surface area contributed by atoms with Gasteiger partial charge in [-0.05, 0) is 48.5 Å². The fraction of sp³-hybridized carbons (Fsp3) is 0. The highest BCUT2D eigenvalue weighted by molar-refractivity contribution is 6.36. The molecule has 1 aromatic heterocycles. The number of aromatic nitrogens is 1. The summed E-state index contributed by atoms with van der Waals surface area (Å²) >= 11 is 11.7. The van der Waals surface area contributed by atoms with Crippen LogP contribution in [-0.2, 0) is 4.84 Å². The molecule has 0 atom stereocenters. The Morgan fingerprint density at radius 3 is 2.54 bits per heavy atom. The summed E-state index contributed by atoms with van der Waals surface area (Å²) in [6.07, 6.45) is 2.84. The molecule has 0 saturated heterocycles. The molecular weight excluding hydrogens is 401 g/mol. The van der Waals surface area contributed by atoms with Crippen molar-refractivity contribution in [3.63, 3.8) is 0 Å². The van der Waals surface area contributed by atoms with Crippen LogP contribution in [0.3, 0.4) is 0 Å². The average molecular weight is 412 g/mol. The number of nitrogens with zero attached hydrogens (tertiary/aromatic N) is 3. The van der Waals surface area contributed by atoms with Gasteiger partial charge >= 0.3 is 5.97 Å². The molecule has 0 spiro atoms. The lowest BCUT2D eigenvalue weighted by Gasteiger charge is -2.04. The highest BCUT2D eigenvalue weighted by Gasteiger charge is 2.12. The van der Waals surface area contributed by atoms with E-state index in [-0.39, 0.29) is 10.6 Å². The lowest BCUT2D eigenvalue weighted by molar-refractivity contribution is 0.0519. The second-order valence-corrected chi connectivity index (χ2v) is 6.25. The molecule has 0 fully saturated rings. The molecule has 28 heavy (non-hydrogen) atoms. The molecule has 0 unspecified atom stereocenters. The molecule has 1 heterocycles. The van der Waals surface area contributed by atoms with Gasteiger partial charge in [-0.2, -0.15) is 5.26 Å². The summed E-state index contributed by atoms with van der Waals surface area (Å²) in [5, 5.41) is 13.0. The van der Waals surface area contributed by atoms with Crippen LogP contribution in [0.1, 0.15) is 21.5 Å². The lowest BCUT2D eigenvalue weighted by Crippen LogP contribution is -2.02. The van der Waals surface area contributed by atoms with Crippen LogP contribution in [0.5, 0.6) is 11.6 Å². The van der Waals surface area contributed by atoms with Crippen LogP contribution < -0.4 is 4.74 Å². The number of hydrogen-bond acceptors (Lipinski definition) is 6. The van der Waals surface area contributed by atoms with E-state index in [0.717, 1.165) is 0 Å². The van der Waals surface area contributed by atoms with Crippen LogP contribution >= 0.6 is 23.2 Å². The maximum absolute atomic E-state index is 12.0. The van der Waals surface area contributed by atoms with Crippen LogP contribution in [0.2, 0.25) is 10.0 Å². The zero-order chi connectivity index (χ0) is 19.9. The quantitative estimate of drug-likeness (QED) is 0.325. The Morgan fingerprint density at radius 1 is 1.11 bits per heavy atom. The van der Waals surface area contributed by atoms with Gasteiger partial charge in [0.1, 0.15) is 5.75 Å². The van der Waals surface area contributed by atoms with Gasteiger partial charge in [-0.15, -0.1) is 0 Å². The molecule has 0 aliphatic rings. The van der Waals surface area contributed by atoms with Gasteiger partial charge in [-0.25, -0.2) is 9.78 Å². The van der Waals surface area contributed by atoms with Gasteiger partial charge in [0.05, 0.1) is 28.4 Å². The molecule has 6 nitrogen and oxygen atoms in total. The molecular formula is C20H11Cl2N3O3. The van der Waals surface area contributed by atoms with Gasteiger partial charge in [0.15, 0.2) is 0 Å². The van der Waals surface area contributed by atoms with Crippen LogP contribution in [0.25, 0.3) is 0 Å². The number of carbonyl (C=O) groups excluding carboxylic acids is 1. The van der Waals surface area contributed by atoms with E-state index in [1.54, 1.807) is 36.4 Å². The SMILES string of the molecule is N#Cc1ccc(Oc2ccc(C=NOC(=O)c3ccc(Cl)cc3Cl)cn2)cc1. The summed E-state index contributed by atoms with van der Waals surface area (Å²) in [7, 11) is 0. The molecule has 3 aromatic rings. The standard InChI is InChI=1S/C20H11Cl2N3O3/c21-15-4-7-17(18(22)9-15)20(26)28-25-12-14-3-8-19(24-11-14)27-16-5-1-13(10-23)2-6-16/h1-9,11-12H. The predicted molar refractivity (Wildman–Crippen MR) is 105 cm³/mol. The minimum Gasteiger partial charge on any atom is -0.439 e. The van der Waals surface area contributed by atoms with E-state index >= 15 is 0 Å². The Bertz CT molecular complexity index is 1060. The van der Waals surface area contributed by atoms with E-state index in [4.69, 9.17) is 38.0 Å². The van der Waals surface area contributed by atoms with E-state index in [0.29, 0.717) is 27.8 Å². The Labute approximate surface area is 170 Å². The van der Waals surface area contributed by atoms with E-state index in [1.807, 2.05) is 6.07 Å². The largest absolute Gasteiger partial charge is 0.439 e. The molecule has 3 rings (SSSR count). The van der Waals surface area contributed by atoms with Gasteiger partial charge in [-0.1, -0.05) is 28.4 Å². The van der Waals surface area contributed by atoms with E-state index < -0.39 is 5.97 Å². The minimum absolute atomic E-state index is 0.160. The van der Waals surface area contributed by atoms with E-state index in [9.17, 15) is 4.79 Å². The van der Waals surface area contributed by atoms with E-state index in [2.05, 4.69) is 10.1 Å².